The van der Waals surface area contributed by atoms with Gasteiger partial charge >= 0.3 is 0 Å². The molecule has 0 amide bonds. The fraction of sp³-hybridized carbons (Fsp3) is 0.571. The number of nitrogens with two attached hydrogens (primary N) is 1. The normalized spacial score (nSPS) is 16.3. The van der Waals surface area contributed by atoms with Crippen LogP contribution in [-0.2, 0) is 6.42 Å². The van der Waals surface area contributed by atoms with Gasteiger partial charge in [0.2, 0.25) is 0 Å². The standard InChI is InChI=1S/C14H23N3O2/c1-18-12-9-11(10-13(19-2)14(12)15)3-6-17-7-4-16-5-8-17/h9-10,16H,3-8,15H2,1-2H3. The van der Waals surface area contributed by atoms with E-state index in [0.717, 1.165) is 39.1 Å². The highest BCUT2D eigenvalue weighted by Gasteiger charge is 2.12. The first kappa shape index (κ1) is 14.0. The van der Waals surface area contributed by atoms with Gasteiger partial charge in [0.05, 0.1) is 14.2 Å². The first-order chi connectivity index (χ1) is 9.24. The van der Waals surface area contributed by atoms with Crippen molar-refractivity contribution in [2.45, 2.75) is 6.42 Å². The zero-order chi connectivity index (χ0) is 13.7. The van der Waals surface area contributed by atoms with Crippen LogP contribution >= 0.6 is 0 Å². The van der Waals surface area contributed by atoms with Gasteiger partial charge in [0.15, 0.2) is 0 Å². The smallest absolute Gasteiger partial charge is 0.145 e. The maximum Gasteiger partial charge on any atom is 0.145 e. The van der Waals surface area contributed by atoms with Crippen LogP contribution in [0, 0.1) is 0 Å². The third kappa shape index (κ3) is 3.52. The van der Waals surface area contributed by atoms with Gasteiger partial charge in [-0.15, -0.1) is 0 Å². The Morgan fingerprint density at radius 1 is 1.16 bits per heavy atom. The summed E-state index contributed by atoms with van der Waals surface area (Å²) in [7, 11) is 3.26. The number of nitrogen functional groups attached to an aromatic ring is 1. The Morgan fingerprint density at radius 2 is 1.74 bits per heavy atom. The average molecular weight is 265 g/mol. The molecule has 0 aliphatic carbocycles. The number of benzene rings is 1. The van der Waals surface area contributed by atoms with Crippen molar-refractivity contribution < 1.29 is 9.47 Å². The predicted octanol–water partition coefficient (Wildman–Crippen LogP) is 0.734. The van der Waals surface area contributed by atoms with Gasteiger partial charge in [-0.1, -0.05) is 0 Å². The van der Waals surface area contributed by atoms with Crippen LogP contribution in [0.2, 0.25) is 0 Å². The second-order valence-corrected chi connectivity index (χ2v) is 4.76. The second-order valence-electron chi connectivity index (χ2n) is 4.76. The van der Waals surface area contributed by atoms with Crippen molar-refractivity contribution >= 4 is 5.69 Å². The predicted molar refractivity (Wildman–Crippen MR) is 77.0 cm³/mol. The largest absolute Gasteiger partial charge is 0.494 e. The van der Waals surface area contributed by atoms with E-state index in [1.165, 1.54) is 5.56 Å². The Bertz CT molecular complexity index is 392. The summed E-state index contributed by atoms with van der Waals surface area (Å²) in [5.41, 5.74) is 7.70. The molecule has 1 fully saturated rings. The molecule has 0 spiro atoms. The Hall–Kier alpha value is -1.46. The number of hydrogen-bond donors (Lipinski definition) is 2. The molecule has 106 valence electrons. The lowest BCUT2D eigenvalue weighted by Gasteiger charge is -2.27. The number of nitrogens with zero attached hydrogens (tertiary/aromatic N) is 1. The van der Waals surface area contributed by atoms with Gasteiger partial charge < -0.3 is 25.4 Å². The fourth-order valence-electron chi connectivity index (χ4n) is 2.36. The van der Waals surface area contributed by atoms with Crippen LogP contribution in [0.25, 0.3) is 0 Å². The Morgan fingerprint density at radius 3 is 2.26 bits per heavy atom. The molecule has 1 aliphatic heterocycles. The number of hydrogen-bond acceptors (Lipinski definition) is 5. The lowest BCUT2D eigenvalue weighted by atomic mass is 10.1. The van der Waals surface area contributed by atoms with Gasteiger partial charge in [0, 0.05) is 32.7 Å². The molecular weight excluding hydrogens is 242 g/mol. The van der Waals surface area contributed by atoms with E-state index in [1.807, 2.05) is 12.1 Å². The van der Waals surface area contributed by atoms with Crippen LogP contribution in [0.1, 0.15) is 5.56 Å². The molecule has 1 saturated heterocycles. The van der Waals surface area contributed by atoms with Crippen LogP contribution < -0.4 is 20.5 Å². The third-order valence-corrected chi connectivity index (χ3v) is 3.53. The maximum absolute atomic E-state index is 5.94. The molecule has 0 atom stereocenters. The Labute approximate surface area is 114 Å². The van der Waals surface area contributed by atoms with Gasteiger partial charge in [-0.05, 0) is 24.1 Å². The maximum atomic E-state index is 5.94. The number of anilines is 1. The highest BCUT2D eigenvalue weighted by molar-refractivity contribution is 5.64. The van der Waals surface area contributed by atoms with Crippen molar-refractivity contribution in [3.63, 3.8) is 0 Å². The van der Waals surface area contributed by atoms with Crippen molar-refractivity contribution in [2.24, 2.45) is 0 Å². The van der Waals surface area contributed by atoms with Gasteiger partial charge in [-0.25, -0.2) is 0 Å². The molecule has 1 heterocycles. The number of piperazine rings is 1. The topological polar surface area (TPSA) is 59.8 Å². The second kappa shape index (κ2) is 6.63. The Kier molecular flexibility index (Phi) is 4.87. The van der Waals surface area contributed by atoms with E-state index >= 15 is 0 Å². The van der Waals surface area contributed by atoms with Crippen molar-refractivity contribution in [3.05, 3.63) is 17.7 Å². The first-order valence-corrected chi connectivity index (χ1v) is 6.68. The van der Waals surface area contributed by atoms with Crippen LogP contribution in [0.15, 0.2) is 12.1 Å². The summed E-state index contributed by atoms with van der Waals surface area (Å²) in [5.74, 6) is 1.38. The lowest BCUT2D eigenvalue weighted by molar-refractivity contribution is 0.243. The summed E-state index contributed by atoms with van der Waals surface area (Å²) in [4.78, 5) is 2.46. The van der Waals surface area contributed by atoms with Crippen LogP contribution in [0.5, 0.6) is 11.5 Å². The van der Waals surface area contributed by atoms with E-state index in [0.29, 0.717) is 17.2 Å². The molecule has 19 heavy (non-hydrogen) atoms. The molecule has 2 rings (SSSR count). The van der Waals surface area contributed by atoms with Crippen molar-refractivity contribution in [2.75, 3.05) is 52.7 Å². The fourth-order valence-corrected chi connectivity index (χ4v) is 2.36. The van der Waals surface area contributed by atoms with Crippen LogP contribution in [-0.4, -0.2) is 51.8 Å². The number of ether oxygens (including phenoxy) is 2. The molecular formula is C14H23N3O2. The van der Waals surface area contributed by atoms with Crippen molar-refractivity contribution in [1.82, 2.24) is 10.2 Å². The minimum Gasteiger partial charge on any atom is -0.494 e. The molecule has 1 aromatic carbocycles. The highest BCUT2D eigenvalue weighted by Crippen LogP contribution is 2.33. The third-order valence-electron chi connectivity index (χ3n) is 3.53. The molecule has 5 nitrogen and oxygen atoms in total. The van der Waals surface area contributed by atoms with Crippen molar-refractivity contribution in [1.29, 1.82) is 0 Å². The molecule has 0 unspecified atom stereocenters. The molecule has 0 bridgehead atoms. The van der Waals surface area contributed by atoms with E-state index in [9.17, 15) is 0 Å². The molecule has 0 saturated carbocycles. The summed E-state index contributed by atoms with van der Waals surface area (Å²) in [6.07, 6.45) is 0.979. The molecule has 1 aromatic rings. The molecule has 1 aliphatic rings. The summed E-state index contributed by atoms with van der Waals surface area (Å²) in [6.45, 7) is 5.44. The van der Waals surface area contributed by atoms with E-state index in [4.69, 9.17) is 15.2 Å². The summed E-state index contributed by atoms with van der Waals surface area (Å²) in [6, 6.07) is 4.00. The minimum atomic E-state index is 0.566. The quantitative estimate of drug-likeness (QED) is 0.769. The Balaban J connectivity index is 2.02. The van der Waals surface area contributed by atoms with Crippen LogP contribution in [0.4, 0.5) is 5.69 Å². The van der Waals surface area contributed by atoms with Gasteiger partial charge in [-0.3, -0.25) is 0 Å². The van der Waals surface area contributed by atoms with Gasteiger partial charge in [0.1, 0.15) is 17.2 Å². The zero-order valence-electron chi connectivity index (χ0n) is 11.7. The summed E-state index contributed by atoms with van der Waals surface area (Å²) < 4.78 is 10.6. The lowest BCUT2D eigenvalue weighted by Crippen LogP contribution is -2.44. The summed E-state index contributed by atoms with van der Waals surface area (Å²) >= 11 is 0. The highest BCUT2D eigenvalue weighted by atomic mass is 16.5. The number of nitrogens with one attached hydrogen (secondary N) is 1. The van der Waals surface area contributed by atoms with Gasteiger partial charge in [0.25, 0.3) is 0 Å². The molecule has 0 aromatic heterocycles. The van der Waals surface area contributed by atoms with Crippen LogP contribution in [0.3, 0.4) is 0 Å². The van der Waals surface area contributed by atoms with Crippen molar-refractivity contribution in [3.8, 4) is 11.5 Å². The monoisotopic (exact) mass is 265 g/mol. The first-order valence-electron chi connectivity index (χ1n) is 6.68. The van der Waals surface area contributed by atoms with E-state index in [1.54, 1.807) is 14.2 Å². The summed E-state index contributed by atoms with van der Waals surface area (Å²) in [5, 5.41) is 3.36. The van der Waals surface area contributed by atoms with E-state index in [2.05, 4.69) is 10.2 Å². The zero-order valence-corrected chi connectivity index (χ0v) is 11.7. The van der Waals surface area contributed by atoms with E-state index < -0.39 is 0 Å². The minimum absolute atomic E-state index is 0.566. The van der Waals surface area contributed by atoms with Gasteiger partial charge in [-0.2, -0.15) is 0 Å². The molecule has 3 N–H and O–H groups in total. The van der Waals surface area contributed by atoms with E-state index in [-0.39, 0.29) is 0 Å². The number of rotatable bonds is 5. The molecule has 5 heteroatoms. The number of methoxy groups -OCH3 is 2. The average Bonchev–Trinajstić information content (AvgIpc) is 2.47. The molecule has 0 radical (unpaired) electrons. The SMILES string of the molecule is COc1cc(CCN2CCNCC2)cc(OC)c1N.